The summed E-state index contributed by atoms with van der Waals surface area (Å²) in [7, 11) is 0. The van der Waals surface area contributed by atoms with Crippen molar-refractivity contribution in [1.29, 1.82) is 0 Å². The van der Waals surface area contributed by atoms with Crippen LogP contribution in [0.2, 0.25) is 0 Å². The molecule has 6 nitrogen and oxygen atoms in total. The van der Waals surface area contributed by atoms with E-state index in [2.05, 4.69) is 22.1 Å². The van der Waals surface area contributed by atoms with E-state index in [1.165, 1.54) is 0 Å². The highest BCUT2D eigenvalue weighted by atomic mass is 16.5. The lowest BCUT2D eigenvalue weighted by atomic mass is 10.1. The van der Waals surface area contributed by atoms with Gasteiger partial charge in [0.15, 0.2) is 0 Å². The number of hydrogen-bond acceptors (Lipinski definition) is 4. The van der Waals surface area contributed by atoms with Crippen molar-refractivity contribution < 1.29 is 14.3 Å². The minimum Gasteiger partial charge on any atom is -0.379 e. The van der Waals surface area contributed by atoms with Crippen molar-refractivity contribution in [2.75, 3.05) is 45.9 Å². The van der Waals surface area contributed by atoms with Gasteiger partial charge in [-0.2, -0.15) is 0 Å². The Morgan fingerprint density at radius 1 is 1.17 bits per heavy atom. The van der Waals surface area contributed by atoms with Gasteiger partial charge in [-0.25, -0.2) is 0 Å². The molecule has 1 aliphatic heterocycles. The van der Waals surface area contributed by atoms with Gasteiger partial charge in [0.05, 0.1) is 13.2 Å². The SMILES string of the molecule is C=CCNC(=O)c1cccc(C(=O)NCCN2CCOCC2)c1. The molecule has 0 atom stereocenters. The minimum atomic E-state index is -0.215. The van der Waals surface area contributed by atoms with Crippen LogP contribution in [-0.4, -0.2) is 62.7 Å². The Labute approximate surface area is 136 Å². The van der Waals surface area contributed by atoms with Crippen LogP contribution in [0.25, 0.3) is 0 Å². The molecule has 1 fully saturated rings. The highest BCUT2D eigenvalue weighted by molar-refractivity contribution is 5.99. The van der Waals surface area contributed by atoms with Crippen molar-refractivity contribution in [3.63, 3.8) is 0 Å². The summed E-state index contributed by atoms with van der Waals surface area (Å²) in [6.45, 7) is 8.61. The molecule has 1 aliphatic rings. The Morgan fingerprint density at radius 2 is 1.83 bits per heavy atom. The van der Waals surface area contributed by atoms with E-state index in [0.717, 1.165) is 32.8 Å². The smallest absolute Gasteiger partial charge is 0.251 e. The van der Waals surface area contributed by atoms with Gasteiger partial charge in [0.1, 0.15) is 0 Å². The van der Waals surface area contributed by atoms with E-state index in [9.17, 15) is 9.59 Å². The first-order valence-corrected chi connectivity index (χ1v) is 7.78. The van der Waals surface area contributed by atoms with E-state index in [1.807, 2.05) is 0 Å². The maximum atomic E-state index is 12.2. The van der Waals surface area contributed by atoms with E-state index < -0.39 is 0 Å². The minimum absolute atomic E-state index is 0.170. The van der Waals surface area contributed by atoms with Gasteiger partial charge in [0.25, 0.3) is 11.8 Å². The molecule has 2 amide bonds. The molecule has 1 aromatic rings. The molecular weight excluding hydrogens is 294 g/mol. The zero-order valence-electron chi connectivity index (χ0n) is 13.2. The van der Waals surface area contributed by atoms with Gasteiger partial charge in [-0.1, -0.05) is 12.1 Å². The largest absolute Gasteiger partial charge is 0.379 e. The van der Waals surface area contributed by atoms with Gasteiger partial charge in [-0.05, 0) is 18.2 Å². The summed E-state index contributed by atoms with van der Waals surface area (Å²) >= 11 is 0. The van der Waals surface area contributed by atoms with Crippen LogP contribution < -0.4 is 10.6 Å². The molecule has 23 heavy (non-hydrogen) atoms. The highest BCUT2D eigenvalue weighted by Crippen LogP contribution is 2.05. The van der Waals surface area contributed by atoms with Crippen LogP contribution in [0.4, 0.5) is 0 Å². The van der Waals surface area contributed by atoms with Crippen LogP contribution in [0, 0.1) is 0 Å². The summed E-state index contributed by atoms with van der Waals surface area (Å²) in [4.78, 5) is 26.3. The summed E-state index contributed by atoms with van der Waals surface area (Å²) in [6, 6.07) is 6.69. The molecule has 1 saturated heterocycles. The van der Waals surface area contributed by atoms with Crippen molar-refractivity contribution in [2.24, 2.45) is 0 Å². The Hall–Kier alpha value is -2.18. The maximum absolute atomic E-state index is 12.2. The van der Waals surface area contributed by atoms with E-state index in [0.29, 0.717) is 24.2 Å². The fourth-order valence-electron chi connectivity index (χ4n) is 2.32. The van der Waals surface area contributed by atoms with E-state index in [-0.39, 0.29) is 11.8 Å². The number of ether oxygens (including phenoxy) is 1. The van der Waals surface area contributed by atoms with Gasteiger partial charge in [0, 0.05) is 43.9 Å². The number of hydrogen-bond donors (Lipinski definition) is 2. The first-order chi connectivity index (χ1) is 11.2. The predicted octanol–water partition coefficient (Wildman–Crippen LogP) is 0.664. The third-order valence-corrected chi connectivity index (χ3v) is 3.61. The van der Waals surface area contributed by atoms with Crippen LogP contribution in [0.5, 0.6) is 0 Å². The Morgan fingerprint density at radius 3 is 2.48 bits per heavy atom. The summed E-state index contributed by atoms with van der Waals surface area (Å²) in [5.41, 5.74) is 0.950. The van der Waals surface area contributed by atoms with Crippen molar-refractivity contribution in [2.45, 2.75) is 0 Å². The highest BCUT2D eigenvalue weighted by Gasteiger charge is 2.12. The van der Waals surface area contributed by atoms with Crippen molar-refractivity contribution in [1.82, 2.24) is 15.5 Å². The fraction of sp³-hybridized carbons (Fsp3) is 0.412. The van der Waals surface area contributed by atoms with Gasteiger partial charge in [-0.15, -0.1) is 6.58 Å². The van der Waals surface area contributed by atoms with Crippen LogP contribution in [0.3, 0.4) is 0 Å². The number of carbonyl (C=O) groups excluding carboxylic acids is 2. The average molecular weight is 317 g/mol. The molecule has 6 heteroatoms. The third kappa shape index (κ3) is 5.50. The molecule has 1 aromatic carbocycles. The number of nitrogens with one attached hydrogen (secondary N) is 2. The van der Waals surface area contributed by atoms with Crippen molar-refractivity contribution >= 4 is 11.8 Å². The molecule has 2 rings (SSSR count). The van der Waals surface area contributed by atoms with E-state index in [4.69, 9.17) is 4.74 Å². The zero-order valence-corrected chi connectivity index (χ0v) is 13.2. The zero-order chi connectivity index (χ0) is 16.5. The molecule has 0 radical (unpaired) electrons. The number of amides is 2. The molecule has 2 N–H and O–H groups in total. The quantitative estimate of drug-likeness (QED) is 0.725. The Balaban J connectivity index is 1.83. The monoisotopic (exact) mass is 317 g/mol. The van der Waals surface area contributed by atoms with Crippen LogP contribution in [-0.2, 0) is 4.74 Å². The molecular formula is C17H23N3O3. The second-order valence-electron chi connectivity index (χ2n) is 5.29. The van der Waals surface area contributed by atoms with Gasteiger partial charge in [0.2, 0.25) is 0 Å². The maximum Gasteiger partial charge on any atom is 0.251 e. The van der Waals surface area contributed by atoms with E-state index >= 15 is 0 Å². The lowest BCUT2D eigenvalue weighted by Crippen LogP contribution is -2.41. The second-order valence-corrected chi connectivity index (χ2v) is 5.29. The molecule has 0 spiro atoms. The number of benzene rings is 1. The average Bonchev–Trinajstić information content (AvgIpc) is 2.60. The number of morpholine rings is 1. The molecule has 0 bridgehead atoms. The molecule has 0 saturated carbocycles. The summed E-state index contributed by atoms with van der Waals surface area (Å²) < 4.78 is 5.29. The summed E-state index contributed by atoms with van der Waals surface area (Å²) in [5, 5.41) is 5.58. The van der Waals surface area contributed by atoms with Crippen molar-refractivity contribution in [3.05, 3.63) is 48.0 Å². The number of rotatable bonds is 7. The molecule has 0 aromatic heterocycles. The predicted molar refractivity (Wildman–Crippen MR) is 88.6 cm³/mol. The lowest BCUT2D eigenvalue weighted by Gasteiger charge is -2.26. The van der Waals surface area contributed by atoms with Gasteiger partial charge < -0.3 is 15.4 Å². The fourth-order valence-corrected chi connectivity index (χ4v) is 2.32. The van der Waals surface area contributed by atoms with E-state index in [1.54, 1.807) is 30.3 Å². The third-order valence-electron chi connectivity index (χ3n) is 3.61. The molecule has 0 aliphatic carbocycles. The second kappa shape index (κ2) is 9.07. The topological polar surface area (TPSA) is 70.7 Å². The molecule has 1 heterocycles. The van der Waals surface area contributed by atoms with Crippen LogP contribution in [0.1, 0.15) is 20.7 Å². The number of carbonyl (C=O) groups is 2. The molecule has 0 unspecified atom stereocenters. The standard InChI is InChI=1S/C17H23N3O3/c1-2-6-18-16(21)14-4-3-5-15(13-14)17(22)19-7-8-20-9-11-23-12-10-20/h2-5,13H,1,6-12H2,(H,18,21)(H,19,22). The molecule has 124 valence electrons. The van der Waals surface area contributed by atoms with Gasteiger partial charge >= 0.3 is 0 Å². The Bertz CT molecular complexity index is 554. The van der Waals surface area contributed by atoms with Crippen molar-refractivity contribution in [3.8, 4) is 0 Å². The van der Waals surface area contributed by atoms with Crippen LogP contribution in [0.15, 0.2) is 36.9 Å². The first kappa shape index (κ1) is 17.2. The number of nitrogens with zero attached hydrogens (tertiary/aromatic N) is 1. The lowest BCUT2D eigenvalue weighted by molar-refractivity contribution is 0.0383. The van der Waals surface area contributed by atoms with Crippen LogP contribution >= 0.6 is 0 Å². The summed E-state index contributed by atoms with van der Waals surface area (Å²) in [6.07, 6.45) is 1.61. The first-order valence-electron chi connectivity index (χ1n) is 7.78. The summed E-state index contributed by atoms with van der Waals surface area (Å²) in [5.74, 6) is -0.385. The Kier molecular flexibility index (Phi) is 6.77. The normalized spacial score (nSPS) is 15.0. The van der Waals surface area contributed by atoms with Gasteiger partial charge in [-0.3, -0.25) is 14.5 Å².